The molecular formula is C15H19N3O2. The van der Waals surface area contributed by atoms with Gasteiger partial charge in [-0.2, -0.15) is 5.10 Å². The summed E-state index contributed by atoms with van der Waals surface area (Å²) in [4.78, 5) is 11.7. The quantitative estimate of drug-likeness (QED) is 0.908. The number of benzene rings is 1. The highest BCUT2D eigenvalue weighted by Gasteiger charge is 2.12. The predicted octanol–water partition coefficient (Wildman–Crippen LogP) is 1.17. The number of hydrogen-bond donors (Lipinski definition) is 1. The summed E-state index contributed by atoms with van der Waals surface area (Å²) in [5, 5.41) is 8.49. The second-order valence-corrected chi connectivity index (χ2v) is 5.09. The van der Waals surface area contributed by atoms with Gasteiger partial charge in [0, 0.05) is 31.2 Å². The number of nitrogens with zero attached hydrogens (tertiary/aromatic N) is 2. The number of rotatable bonds is 4. The summed E-state index contributed by atoms with van der Waals surface area (Å²) in [6, 6.07) is 8.15. The van der Waals surface area contributed by atoms with Crippen LogP contribution in [0.4, 0.5) is 0 Å². The van der Waals surface area contributed by atoms with E-state index in [-0.39, 0.29) is 5.43 Å². The number of nitrogens with one attached hydrogen (secondary N) is 1. The Balaban J connectivity index is 1.68. The Kier molecular flexibility index (Phi) is 4.08. The molecule has 0 atom stereocenters. The van der Waals surface area contributed by atoms with Crippen LogP contribution in [0.2, 0.25) is 0 Å². The van der Waals surface area contributed by atoms with Gasteiger partial charge in [0.15, 0.2) is 0 Å². The van der Waals surface area contributed by atoms with E-state index in [1.54, 1.807) is 0 Å². The third-order valence-electron chi connectivity index (χ3n) is 3.74. The third-order valence-corrected chi connectivity index (χ3v) is 3.74. The number of aromatic nitrogens is 2. The van der Waals surface area contributed by atoms with Crippen molar-refractivity contribution in [1.82, 2.24) is 15.1 Å². The van der Waals surface area contributed by atoms with E-state index in [0.717, 1.165) is 50.0 Å². The molecule has 1 aromatic carbocycles. The topological polar surface area (TPSA) is 56.2 Å². The molecule has 1 aromatic heterocycles. The molecule has 2 heterocycles. The molecule has 0 unspecified atom stereocenters. The summed E-state index contributed by atoms with van der Waals surface area (Å²) >= 11 is 0. The lowest BCUT2D eigenvalue weighted by atomic mass is 10.1. The lowest BCUT2D eigenvalue weighted by Crippen LogP contribution is -2.36. The van der Waals surface area contributed by atoms with Crippen LogP contribution in [0.5, 0.6) is 0 Å². The molecule has 2 aromatic rings. The van der Waals surface area contributed by atoms with E-state index in [1.807, 2.05) is 28.9 Å². The SMILES string of the molecule is O=c1cnn(CCNC2CCOCC2)c2ccccc12. The van der Waals surface area contributed by atoms with Crippen LogP contribution in [0.25, 0.3) is 10.9 Å². The fraction of sp³-hybridized carbons (Fsp3) is 0.467. The second kappa shape index (κ2) is 6.15. The van der Waals surface area contributed by atoms with Crippen molar-refractivity contribution in [3.63, 3.8) is 0 Å². The van der Waals surface area contributed by atoms with E-state index >= 15 is 0 Å². The Morgan fingerprint density at radius 1 is 1.30 bits per heavy atom. The van der Waals surface area contributed by atoms with Gasteiger partial charge >= 0.3 is 0 Å². The number of para-hydroxylation sites is 1. The summed E-state index contributed by atoms with van der Waals surface area (Å²) in [5.74, 6) is 0. The van der Waals surface area contributed by atoms with Gasteiger partial charge in [-0.25, -0.2) is 0 Å². The van der Waals surface area contributed by atoms with Crippen LogP contribution < -0.4 is 10.7 Å². The molecule has 0 spiro atoms. The van der Waals surface area contributed by atoms with Crippen LogP contribution in [0.15, 0.2) is 35.3 Å². The third kappa shape index (κ3) is 2.89. The van der Waals surface area contributed by atoms with Crippen LogP contribution in [0.1, 0.15) is 12.8 Å². The van der Waals surface area contributed by atoms with Crippen molar-refractivity contribution in [2.24, 2.45) is 0 Å². The molecule has 0 aliphatic carbocycles. The molecule has 1 saturated heterocycles. The van der Waals surface area contributed by atoms with Crippen LogP contribution in [0, 0.1) is 0 Å². The highest BCUT2D eigenvalue weighted by molar-refractivity contribution is 5.77. The van der Waals surface area contributed by atoms with Gasteiger partial charge in [0.25, 0.3) is 0 Å². The molecule has 5 heteroatoms. The van der Waals surface area contributed by atoms with Crippen LogP contribution in [0.3, 0.4) is 0 Å². The van der Waals surface area contributed by atoms with Gasteiger partial charge in [-0.05, 0) is 25.0 Å². The molecular weight excluding hydrogens is 254 g/mol. The molecule has 0 saturated carbocycles. The summed E-state index contributed by atoms with van der Waals surface area (Å²) in [6.45, 7) is 3.30. The summed E-state index contributed by atoms with van der Waals surface area (Å²) in [5.41, 5.74) is 0.878. The van der Waals surface area contributed by atoms with E-state index in [2.05, 4.69) is 10.4 Å². The molecule has 1 aliphatic rings. The minimum Gasteiger partial charge on any atom is -0.381 e. The summed E-state index contributed by atoms with van der Waals surface area (Å²) in [7, 11) is 0. The molecule has 106 valence electrons. The van der Waals surface area contributed by atoms with Gasteiger partial charge in [0.2, 0.25) is 5.43 Å². The number of ether oxygens (including phenoxy) is 1. The van der Waals surface area contributed by atoms with Crippen molar-refractivity contribution in [2.45, 2.75) is 25.4 Å². The van der Waals surface area contributed by atoms with Crippen LogP contribution in [-0.2, 0) is 11.3 Å². The van der Waals surface area contributed by atoms with E-state index in [0.29, 0.717) is 6.04 Å². The number of hydrogen-bond acceptors (Lipinski definition) is 4. The zero-order valence-corrected chi connectivity index (χ0v) is 11.4. The Hall–Kier alpha value is -1.72. The smallest absolute Gasteiger partial charge is 0.207 e. The fourth-order valence-corrected chi connectivity index (χ4v) is 2.62. The molecule has 0 amide bonds. The van der Waals surface area contributed by atoms with Gasteiger partial charge in [0.1, 0.15) is 0 Å². The minimum atomic E-state index is -0.0192. The average molecular weight is 273 g/mol. The molecule has 1 fully saturated rings. The van der Waals surface area contributed by atoms with Crippen molar-refractivity contribution in [3.05, 3.63) is 40.7 Å². The molecule has 1 aliphatic heterocycles. The van der Waals surface area contributed by atoms with E-state index in [9.17, 15) is 4.79 Å². The van der Waals surface area contributed by atoms with Crippen molar-refractivity contribution in [1.29, 1.82) is 0 Å². The largest absolute Gasteiger partial charge is 0.381 e. The molecule has 3 rings (SSSR count). The molecule has 20 heavy (non-hydrogen) atoms. The fourth-order valence-electron chi connectivity index (χ4n) is 2.62. The van der Waals surface area contributed by atoms with Crippen molar-refractivity contribution < 1.29 is 4.74 Å². The van der Waals surface area contributed by atoms with Crippen molar-refractivity contribution >= 4 is 10.9 Å². The van der Waals surface area contributed by atoms with Gasteiger partial charge in [-0.15, -0.1) is 0 Å². The Morgan fingerprint density at radius 2 is 2.10 bits per heavy atom. The summed E-state index contributed by atoms with van der Waals surface area (Å²) in [6.07, 6.45) is 3.54. The zero-order chi connectivity index (χ0) is 13.8. The predicted molar refractivity (Wildman–Crippen MR) is 77.8 cm³/mol. The molecule has 0 bridgehead atoms. The second-order valence-electron chi connectivity index (χ2n) is 5.09. The lowest BCUT2D eigenvalue weighted by molar-refractivity contribution is 0.0778. The first-order chi connectivity index (χ1) is 9.84. The maximum absolute atomic E-state index is 11.7. The van der Waals surface area contributed by atoms with Crippen molar-refractivity contribution in [2.75, 3.05) is 19.8 Å². The van der Waals surface area contributed by atoms with E-state index in [1.165, 1.54) is 6.20 Å². The molecule has 0 radical (unpaired) electrons. The Morgan fingerprint density at radius 3 is 2.95 bits per heavy atom. The minimum absolute atomic E-state index is 0.0192. The first-order valence-corrected chi connectivity index (χ1v) is 7.10. The van der Waals surface area contributed by atoms with Crippen molar-refractivity contribution in [3.8, 4) is 0 Å². The molecule has 5 nitrogen and oxygen atoms in total. The highest BCUT2D eigenvalue weighted by atomic mass is 16.5. The Labute approximate surface area is 117 Å². The molecule has 1 N–H and O–H groups in total. The highest BCUT2D eigenvalue weighted by Crippen LogP contribution is 2.08. The van der Waals surface area contributed by atoms with Gasteiger partial charge in [-0.3, -0.25) is 9.48 Å². The first kappa shape index (κ1) is 13.3. The van der Waals surface area contributed by atoms with Crippen LogP contribution >= 0.6 is 0 Å². The average Bonchev–Trinajstić information content (AvgIpc) is 2.51. The monoisotopic (exact) mass is 273 g/mol. The number of fused-ring (bicyclic) bond motifs is 1. The maximum atomic E-state index is 11.7. The normalized spacial score (nSPS) is 16.6. The Bertz CT molecular complexity index is 632. The van der Waals surface area contributed by atoms with E-state index < -0.39 is 0 Å². The lowest BCUT2D eigenvalue weighted by Gasteiger charge is -2.23. The zero-order valence-electron chi connectivity index (χ0n) is 11.4. The van der Waals surface area contributed by atoms with E-state index in [4.69, 9.17) is 4.74 Å². The van der Waals surface area contributed by atoms with Gasteiger partial charge < -0.3 is 10.1 Å². The van der Waals surface area contributed by atoms with Crippen LogP contribution in [-0.4, -0.2) is 35.6 Å². The first-order valence-electron chi connectivity index (χ1n) is 7.10. The standard InChI is InChI=1S/C15H19N3O2/c19-15-11-17-18(14-4-2-1-3-13(14)15)8-7-16-12-5-9-20-10-6-12/h1-4,11-12,16H,5-10H2. The van der Waals surface area contributed by atoms with Gasteiger partial charge in [-0.1, -0.05) is 12.1 Å². The van der Waals surface area contributed by atoms with Gasteiger partial charge in [0.05, 0.1) is 18.3 Å². The maximum Gasteiger partial charge on any atom is 0.207 e. The summed E-state index contributed by atoms with van der Waals surface area (Å²) < 4.78 is 7.23.